The predicted octanol–water partition coefficient (Wildman–Crippen LogP) is 9.78. The van der Waals surface area contributed by atoms with Crippen molar-refractivity contribution in [2.24, 2.45) is 0 Å². The zero-order valence-electron chi connectivity index (χ0n) is 22.4. The molecule has 0 saturated carbocycles. The van der Waals surface area contributed by atoms with E-state index >= 15 is 0 Å². The van der Waals surface area contributed by atoms with Gasteiger partial charge in [-0.05, 0) is 65.4 Å². The molecule has 4 nitrogen and oxygen atoms in total. The summed E-state index contributed by atoms with van der Waals surface area (Å²) in [6, 6.07) is 43.5. The summed E-state index contributed by atoms with van der Waals surface area (Å²) in [4.78, 5) is 14.4. The molecule has 4 heterocycles. The fraction of sp³-hybridized carbons (Fsp3) is 0. The number of para-hydroxylation sites is 1. The van der Waals surface area contributed by atoms with Gasteiger partial charge in [0.15, 0.2) is 0 Å². The van der Waals surface area contributed by atoms with Gasteiger partial charge in [0, 0.05) is 38.8 Å². The minimum atomic E-state index is 0.616. The molecule has 0 N–H and O–H groups in total. The number of hydrogen-bond donors (Lipinski definition) is 0. The van der Waals surface area contributed by atoms with E-state index in [4.69, 9.17) is 21.6 Å². The molecule has 0 radical (unpaired) electrons. The van der Waals surface area contributed by atoms with E-state index < -0.39 is 0 Å². The zero-order chi connectivity index (χ0) is 28.0. The van der Waals surface area contributed by atoms with Gasteiger partial charge in [0.05, 0.1) is 40.0 Å². The average molecular weight is 559 g/mol. The molecule has 0 aliphatic heterocycles. The number of fused-ring (bicyclic) bond motifs is 4. The Bertz CT molecular complexity index is 2210. The Labute approximate surface area is 247 Å². The molecule has 0 amide bonds. The van der Waals surface area contributed by atoms with Gasteiger partial charge in [-0.25, -0.2) is 9.97 Å². The standard InChI is InChI=1S/C37H23ClN4/c38-28-21-34(25-14-16-29(17-15-25)42-36-11-4-3-8-30(36)31-18-19-39-23-37(31)42)41-35(22-28)33-10-5-9-32(40-33)27-13-12-24-6-1-2-7-26(24)20-27/h1-23H. The first-order valence-corrected chi connectivity index (χ1v) is 14.2. The second kappa shape index (κ2) is 9.95. The number of aromatic nitrogens is 4. The molecule has 8 aromatic rings. The Hall–Kier alpha value is -5.32. The van der Waals surface area contributed by atoms with Gasteiger partial charge in [-0.3, -0.25) is 4.98 Å². The number of pyridine rings is 3. The highest BCUT2D eigenvalue weighted by Gasteiger charge is 2.13. The molecule has 0 aliphatic rings. The lowest BCUT2D eigenvalue weighted by molar-refractivity contribution is 1.16. The van der Waals surface area contributed by atoms with Gasteiger partial charge < -0.3 is 4.57 Å². The van der Waals surface area contributed by atoms with Crippen molar-refractivity contribution in [2.45, 2.75) is 0 Å². The van der Waals surface area contributed by atoms with Crippen LogP contribution in [0.25, 0.3) is 72.2 Å². The van der Waals surface area contributed by atoms with Crippen LogP contribution < -0.4 is 0 Å². The topological polar surface area (TPSA) is 43.6 Å². The van der Waals surface area contributed by atoms with E-state index in [1.807, 2.05) is 42.7 Å². The number of rotatable bonds is 4. The smallest absolute Gasteiger partial charge is 0.0908 e. The molecule has 0 spiro atoms. The molecule has 0 unspecified atom stereocenters. The maximum Gasteiger partial charge on any atom is 0.0908 e. The maximum absolute atomic E-state index is 6.64. The molecule has 4 aromatic carbocycles. The van der Waals surface area contributed by atoms with E-state index in [9.17, 15) is 0 Å². The van der Waals surface area contributed by atoms with Crippen molar-refractivity contribution < 1.29 is 0 Å². The van der Waals surface area contributed by atoms with Gasteiger partial charge in [-0.15, -0.1) is 0 Å². The Morgan fingerprint density at radius 1 is 0.500 bits per heavy atom. The molecular weight excluding hydrogens is 536 g/mol. The van der Waals surface area contributed by atoms with Crippen molar-refractivity contribution in [3.8, 4) is 39.6 Å². The molecule has 0 fully saturated rings. The van der Waals surface area contributed by atoms with E-state index in [1.54, 1.807) is 0 Å². The SMILES string of the molecule is Clc1cc(-c2ccc(-n3c4ccccc4c4ccncc43)cc2)nc(-c2cccc(-c3ccc4ccccc4c3)n2)c1. The van der Waals surface area contributed by atoms with Gasteiger partial charge in [0.1, 0.15) is 0 Å². The van der Waals surface area contributed by atoms with E-state index in [0.29, 0.717) is 5.02 Å². The third kappa shape index (κ3) is 4.21. The normalized spacial score (nSPS) is 11.5. The Morgan fingerprint density at radius 3 is 2.12 bits per heavy atom. The number of hydrogen-bond acceptors (Lipinski definition) is 3. The van der Waals surface area contributed by atoms with Crippen molar-refractivity contribution in [1.82, 2.24) is 19.5 Å². The van der Waals surface area contributed by atoms with Crippen LogP contribution >= 0.6 is 11.6 Å². The third-order valence-electron chi connectivity index (χ3n) is 7.74. The summed E-state index contributed by atoms with van der Waals surface area (Å²) >= 11 is 6.64. The fourth-order valence-corrected chi connectivity index (χ4v) is 5.95. The van der Waals surface area contributed by atoms with Crippen molar-refractivity contribution in [3.05, 3.63) is 145 Å². The predicted molar refractivity (Wildman–Crippen MR) is 173 cm³/mol. The number of halogens is 1. The van der Waals surface area contributed by atoms with Crippen molar-refractivity contribution in [3.63, 3.8) is 0 Å². The van der Waals surface area contributed by atoms with Crippen molar-refractivity contribution in [1.29, 1.82) is 0 Å². The van der Waals surface area contributed by atoms with Crippen LogP contribution in [0.2, 0.25) is 5.02 Å². The van der Waals surface area contributed by atoms with Gasteiger partial charge >= 0.3 is 0 Å². The Balaban J connectivity index is 1.17. The number of benzene rings is 4. The number of nitrogens with zero attached hydrogens (tertiary/aromatic N) is 4. The van der Waals surface area contributed by atoms with Crippen LogP contribution in [0.15, 0.2) is 140 Å². The van der Waals surface area contributed by atoms with Gasteiger partial charge in [0.2, 0.25) is 0 Å². The van der Waals surface area contributed by atoms with Crippen LogP contribution in [0.5, 0.6) is 0 Å². The molecule has 42 heavy (non-hydrogen) atoms. The van der Waals surface area contributed by atoms with Crippen molar-refractivity contribution in [2.75, 3.05) is 0 Å². The molecule has 0 saturated heterocycles. The van der Waals surface area contributed by atoms with Crippen LogP contribution in [0, 0.1) is 0 Å². The monoisotopic (exact) mass is 558 g/mol. The molecular formula is C37H23ClN4. The summed E-state index contributed by atoms with van der Waals surface area (Å²) in [5.74, 6) is 0. The first-order chi connectivity index (χ1) is 20.7. The maximum atomic E-state index is 6.64. The highest BCUT2D eigenvalue weighted by atomic mass is 35.5. The minimum Gasteiger partial charge on any atom is -0.308 e. The Morgan fingerprint density at radius 2 is 1.21 bits per heavy atom. The first kappa shape index (κ1) is 24.5. The van der Waals surface area contributed by atoms with Gasteiger partial charge in [0.25, 0.3) is 0 Å². The van der Waals surface area contributed by atoms with Gasteiger partial charge in [-0.1, -0.05) is 84.4 Å². The van der Waals surface area contributed by atoms with E-state index in [2.05, 4.69) is 107 Å². The van der Waals surface area contributed by atoms with E-state index in [1.165, 1.54) is 21.5 Å². The average Bonchev–Trinajstić information content (AvgIpc) is 3.39. The van der Waals surface area contributed by atoms with E-state index in [0.717, 1.165) is 50.6 Å². The lowest BCUT2D eigenvalue weighted by Crippen LogP contribution is -1.95. The quantitative estimate of drug-likeness (QED) is 0.216. The van der Waals surface area contributed by atoms with Crippen LogP contribution in [-0.4, -0.2) is 19.5 Å². The molecule has 4 aromatic heterocycles. The largest absolute Gasteiger partial charge is 0.308 e. The molecule has 198 valence electrons. The second-order valence-corrected chi connectivity index (χ2v) is 10.8. The summed E-state index contributed by atoms with van der Waals surface area (Å²) in [7, 11) is 0. The summed E-state index contributed by atoms with van der Waals surface area (Å²) in [5, 5.41) is 5.40. The highest BCUT2D eigenvalue weighted by Crippen LogP contribution is 2.33. The summed E-state index contributed by atoms with van der Waals surface area (Å²) in [5.41, 5.74) is 8.53. The summed E-state index contributed by atoms with van der Waals surface area (Å²) < 4.78 is 2.25. The highest BCUT2D eigenvalue weighted by molar-refractivity contribution is 6.31. The second-order valence-electron chi connectivity index (χ2n) is 10.3. The lowest BCUT2D eigenvalue weighted by Gasteiger charge is -2.10. The van der Waals surface area contributed by atoms with Crippen LogP contribution in [-0.2, 0) is 0 Å². The van der Waals surface area contributed by atoms with E-state index in [-0.39, 0.29) is 0 Å². The van der Waals surface area contributed by atoms with Crippen LogP contribution in [0.3, 0.4) is 0 Å². The van der Waals surface area contributed by atoms with Crippen molar-refractivity contribution >= 4 is 44.2 Å². The van der Waals surface area contributed by atoms with Crippen LogP contribution in [0.1, 0.15) is 0 Å². The fourth-order valence-electron chi connectivity index (χ4n) is 5.74. The van der Waals surface area contributed by atoms with Gasteiger partial charge in [-0.2, -0.15) is 0 Å². The zero-order valence-corrected chi connectivity index (χ0v) is 23.2. The summed E-state index contributed by atoms with van der Waals surface area (Å²) in [6.07, 6.45) is 3.77. The van der Waals surface area contributed by atoms with Crippen LogP contribution in [0.4, 0.5) is 0 Å². The Kier molecular flexibility index (Phi) is 5.80. The molecule has 8 rings (SSSR count). The third-order valence-corrected chi connectivity index (χ3v) is 7.96. The molecule has 5 heteroatoms. The molecule has 0 atom stereocenters. The lowest BCUT2D eigenvalue weighted by atomic mass is 10.0. The molecule has 0 aliphatic carbocycles. The first-order valence-electron chi connectivity index (χ1n) is 13.8. The molecule has 0 bridgehead atoms. The summed E-state index contributed by atoms with van der Waals surface area (Å²) in [6.45, 7) is 0. The minimum absolute atomic E-state index is 0.616.